The van der Waals surface area contributed by atoms with Crippen LogP contribution < -0.4 is 5.73 Å². The van der Waals surface area contributed by atoms with Crippen LogP contribution in [0.15, 0.2) is 4.99 Å². The van der Waals surface area contributed by atoms with Gasteiger partial charge in [0.15, 0.2) is 0 Å². The highest BCUT2D eigenvalue weighted by Crippen LogP contribution is 2.22. The lowest BCUT2D eigenvalue weighted by molar-refractivity contribution is 0.386. The van der Waals surface area contributed by atoms with Crippen molar-refractivity contribution in [1.29, 1.82) is 0 Å². The first kappa shape index (κ1) is 15.0. The maximum absolute atomic E-state index is 5.58. The van der Waals surface area contributed by atoms with E-state index in [4.69, 9.17) is 17.3 Å². The monoisotopic (exact) mass is 252 g/mol. The van der Waals surface area contributed by atoms with Crippen LogP contribution in [-0.4, -0.2) is 18.3 Å². The lowest BCUT2D eigenvalue weighted by atomic mass is 9.91. The molecule has 4 heteroatoms. The quantitative estimate of drug-likeness (QED) is 0.467. The van der Waals surface area contributed by atoms with Crippen LogP contribution in [0.4, 0.5) is 0 Å². The zero-order valence-corrected chi connectivity index (χ0v) is 10.8. The third-order valence-corrected chi connectivity index (χ3v) is 3.19. The minimum atomic E-state index is 0. The van der Waals surface area contributed by atoms with Gasteiger partial charge in [-0.25, -0.2) is 0 Å². The highest BCUT2D eigenvalue weighted by molar-refractivity contribution is 6.27. The van der Waals surface area contributed by atoms with Gasteiger partial charge in [0, 0.05) is 6.54 Å². The smallest absolute Gasteiger partial charge is 0.109 e. The van der Waals surface area contributed by atoms with Crippen LogP contribution in [0.3, 0.4) is 0 Å². The lowest BCUT2D eigenvalue weighted by Gasteiger charge is -2.17. The average Bonchev–Trinajstić information content (AvgIpc) is 2.15. The Kier molecular flexibility index (Phi) is 9.32. The summed E-state index contributed by atoms with van der Waals surface area (Å²) >= 11 is 5.57. The zero-order chi connectivity index (χ0) is 10.2. The average molecular weight is 253 g/mol. The van der Waals surface area contributed by atoms with Gasteiger partial charge in [-0.15, -0.1) is 24.0 Å². The molecule has 1 fully saturated rings. The second-order valence-electron chi connectivity index (χ2n) is 4.18. The van der Waals surface area contributed by atoms with Crippen molar-refractivity contribution < 1.29 is 0 Å². The van der Waals surface area contributed by atoms with Gasteiger partial charge < -0.3 is 5.73 Å². The van der Waals surface area contributed by atoms with Crippen molar-refractivity contribution in [3.8, 4) is 0 Å². The van der Waals surface area contributed by atoms with Crippen molar-refractivity contribution in [3.63, 3.8) is 0 Å². The molecule has 0 bridgehead atoms. The lowest BCUT2D eigenvalue weighted by Crippen LogP contribution is -2.16. The molecule has 0 atom stereocenters. The number of amidine groups is 1. The van der Waals surface area contributed by atoms with Gasteiger partial charge >= 0.3 is 0 Å². The molecule has 0 heterocycles. The predicted octanol–water partition coefficient (Wildman–Crippen LogP) is 3.36. The Hall–Kier alpha value is 0.0500. The number of nitrogens with two attached hydrogens (primary N) is 1. The molecule has 0 aromatic heterocycles. The molecule has 0 amide bonds. The maximum atomic E-state index is 5.58. The van der Waals surface area contributed by atoms with E-state index in [-0.39, 0.29) is 12.4 Å². The summed E-state index contributed by atoms with van der Waals surface area (Å²) in [6.45, 7) is 0.887. The number of nitrogens with zero attached hydrogens (tertiary/aromatic N) is 1. The largest absolute Gasteiger partial charge is 0.386 e. The highest BCUT2D eigenvalue weighted by Gasteiger charge is 2.10. The molecule has 1 aliphatic carbocycles. The fourth-order valence-corrected chi connectivity index (χ4v) is 2.10. The third kappa shape index (κ3) is 7.02. The molecule has 2 nitrogen and oxygen atoms in total. The van der Waals surface area contributed by atoms with Crippen LogP contribution in [-0.2, 0) is 0 Å². The van der Waals surface area contributed by atoms with Crippen molar-refractivity contribution in [3.05, 3.63) is 0 Å². The highest BCUT2D eigenvalue weighted by atomic mass is 35.5. The first-order chi connectivity index (χ1) is 6.83. The van der Waals surface area contributed by atoms with Gasteiger partial charge in [0.1, 0.15) is 5.84 Å². The molecule has 1 aliphatic rings. The van der Waals surface area contributed by atoms with Crippen LogP contribution in [0.1, 0.15) is 44.9 Å². The molecule has 1 saturated carbocycles. The second kappa shape index (κ2) is 9.29. The number of alkyl halides is 1. The molecule has 90 valence electrons. The fraction of sp³-hybridized carbons (Fsp3) is 0.909. The van der Waals surface area contributed by atoms with Gasteiger partial charge in [-0.1, -0.05) is 32.1 Å². The summed E-state index contributed by atoms with van der Waals surface area (Å²) in [5.74, 6) is 1.71. The summed E-state index contributed by atoms with van der Waals surface area (Å²) in [6.07, 6.45) is 9.57. The molecule has 0 radical (unpaired) electrons. The molecular formula is C11H22Cl2N2. The Balaban J connectivity index is 0.00000196. The summed E-state index contributed by atoms with van der Waals surface area (Å²) in [4.78, 5) is 4.30. The summed E-state index contributed by atoms with van der Waals surface area (Å²) in [6, 6.07) is 0. The van der Waals surface area contributed by atoms with E-state index in [1.807, 2.05) is 0 Å². The Morgan fingerprint density at radius 1 is 1.13 bits per heavy atom. The fourth-order valence-electron chi connectivity index (χ4n) is 2.01. The van der Waals surface area contributed by atoms with Gasteiger partial charge in [0.25, 0.3) is 0 Å². The summed E-state index contributed by atoms with van der Waals surface area (Å²) in [5.41, 5.74) is 5.58. The molecule has 0 spiro atoms. The molecule has 0 saturated heterocycles. The van der Waals surface area contributed by atoms with Crippen LogP contribution in [0.5, 0.6) is 0 Å². The van der Waals surface area contributed by atoms with E-state index in [0.717, 1.165) is 12.5 Å². The van der Waals surface area contributed by atoms with Crippen molar-refractivity contribution in [2.24, 2.45) is 16.6 Å². The number of aliphatic imine (C=N–C) groups is 1. The summed E-state index contributed by atoms with van der Waals surface area (Å²) in [7, 11) is 0. The molecule has 0 aromatic rings. The zero-order valence-electron chi connectivity index (χ0n) is 9.25. The van der Waals surface area contributed by atoms with Gasteiger partial charge in [0.2, 0.25) is 0 Å². The van der Waals surface area contributed by atoms with E-state index >= 15 is 0 Å². The Labute approximate surface area is 104 Å². The van der Waals surface area contributed by atoms with Crippen LogP contribution in [0.2, 0.25) is 0 Å². The second-order valence-corrected chi connectivity index (χ2v) is 4.44. The maximum Gasteiger partial charge on any atom is 0.109 e. The van der Waals surface area contributed by atoms with Gasteiger partial charge in [-0.05, 0) is 18.8 Å². The first-order valence-corrected chi connectivity index (χ1v) is 6.21. The number of halogens is 2. The van der Waals surface area contributed by atoms with Crippen LogP contribution >= 0.6 is 24.0 Å². The molecule has 2 N–H and O–H groups in total. The minimum Gasteiger partial charge on any atom is -0.386 e. The number of rotatable bonds is 3. The Bertz CT molecular complexity index is 175. The van der Waals surface area contributed by atoms with Crippen molar-refractivity contribution in [2.45, 2.75) is 44.9 Å². The first-order valence-electron chi connectivity index (χ1n) is 5.67. The summed E-state index contributed by atoms with van der Waals surface area (Å²) < 4.78 is 0. The van der Waals surface area contributed by atoms with Gasteiger partial charge in [0.05, 0.1) is 5.88 Å². The van der Waals surface area contributed by atoms with Crippen molar-refractivity contribution >= 4 is 29.8 Å². The normalized spacial score (nSPS) is 20.2. The topological polar surface area (TPSA) is 38.4 Å². The SMILES string of the molecule is Cl.NC(CCl)=NCC1CCCCCCC1. The Morgan fingerprint density at radius 3 is 2.20 bits per heavy atom. The number of hydrogen-bond acceptors (Lipinski definition) is 1. The minimum absolute atomic E-state index is 0. The van der Waals surface area contributed by atoms with Crippen LogP contribution in [0.25, 0.3) is 0 Å². The Morgan fingerprint density at radius 2 is 1.67 bits per heavy atom. The van der Waals surface area contributed by atoms with E-state index < -0.39 is 0 Å². The van der Waals surface area contributed by atoms with E-state index in [2.05, 4.69) is 4.99 Å². The molecule has 0 aliphatic heterocycles. The van der Waals surface area contributed by atoms with E-state index in [0.29, 0.717) is 11.7 Å². The van der Waals surface area contributed by atoms with E-state index in [1.165, 1.54) is 44.9 Å². The van der Waals surface area contributed by atoms with Gasteiger partial charge in [-0.3, -0.25) is 4.99 Å². The van der Waals surface area contributed by atoms with Crippen molar-refractivity contribution in [2.75, 3.05) is 12.4 Å². The van der Waals surface area contributed by atoms with E-state index in [1.54, 1.807) is 0 Å². The van der Waals surface area contributed by atoms with Crippen LogP contribution in [0, 0.1) is 5.92 Å². The van der Waals surface area contributed by atoms with Crippen molar-refractivity contribution in [1.82, 2.24) is 0 Å². The predicted molar refractivity (Wildman–Crippen MR) is 70.3 cm³/mol. The molecule has 0 unspecified atom stereocenters. The standard InChI is InChI=1S/C11H21ClN2.ClH/c12-8-11(13)14-9-10-6-4-2-1-3-5-7-10;/h10H,1-9H2,(H2,13,14);1H. The molecule has 1 rings (SSSR count). The molecule has 0 aromatic carbocycles. The van der Waals surface area contributed by atoms with E-state index in [9.17, 15) is 0 Å². The number of hydrogen-bond donors (Lipinski definition) is 1. The third-order valence-electron chi connectivity index (χ3n) is 2.91. The summed E-state index contributed by atoms with van der Waals surface area (Å²) in [5, 5.41) is 0. The molecular weight excluding hydrogens is 231 g/mol. The molecule has 15 heavy (non-hydrogen) atoms. The van der Waals surface area contributed by atoms with Gasteiger partial charge in [-0.2, -0.15) is 0 Å².